The number of piperidine rings is 1. The van der Waals surface area contributed by atoms with Crippen molar-refractivity contribution in [1.82, 2.24) is 10.2 Å². The zero-order chi connectivity index (χ0) is 13.1. The molecule has 2 rings (SSSR count). The summed E-state index contributed by atoms with van der Waals surface area (Å²) in [5.74, 6) is -0.0321. The topological polar surface area (TPSA) is 84.7 Å². The summed E-state index contributed by atoms with van der Waals surface area (Å²) in [6.45, 7) is 1.10. The van der Waals surface area contributed by atoms with Gasteiger partial charge in [0.1, 0.15) is 6.04 Å². The molecule has 0 aromatic rings. The average molecular weight is 255 g/mol. The first-order valence-corrected chi connectivity index (χ1v) is 6.48. The first-order chi connectivity index (χ1) is 8.65. The maximum absolute atomic E-state index is 12.3. The minimum atomic E-state index is -0.356. The minimum absolute atomic E-state index is 0.00542. The fraction of sp³-hybridized carbons (Fsp3) is 0.833. The van der Waals surface area contributed by atoms with E-state index in [2.05, 4.69) is 5.32 Å². The molecule has 0 aromatic carbocycles. The third-order valence-electron chi connectivity index (χ3n) is 3.85. The molecule has 102 valence electrons. The molecule has 0 radical (unpaired) electrons. The van der Waals surface area contributed by atoms with Crippen molar-refractivity contribution in [3.05, 3.63) is 0 Å². The first-order valence-electron chi connectivity index (χ1n) is 6.48. The van der Waals surface area contributed by atoms with E-state index in [9.17, 15) is 9.59 Å². The average Bonchev–Trinajstić information content (AvgIpc) is 2.83. The number of ether oxygens (including phenoxy) is 1. The molecule has 0 aromatic heterocycles. The number of hydrogen-bond acceptors (Lipinski definition) is 4. The predicted molar refractivity (Wildman–Crippen MR) is 65.8 cm³/mol. The lowest BCUT2D eigenvalue weighted by molar-refractivity contribution is -0.139. The number of carbonyl (C=O) groups is 2. The third kappa shape index (κ3) is 2.64. The largest absolute Gasteiger partial charge is 0.381 e. The zero-order valence-corrected chi connectivity index (χ0v) is 10.7. The number of likely N-dealkylation sites (tertiary alicyclic amines) is 1. The molecule has 2 aliphatic rings. The predicted octanol–water partition coefficient (Wildman–Crippen LogP) is -0.770. The van der Waals surface area contributed by atoms with E-state index in [-0.39, 0.29) is 30.0 Å². The van der Waals surface area contributed by atoms with Crippen LogP contribution in [-0.4, -0.2) is 55.1 Å². The van der Waals surface area contributed by atoms with Crippen molar-refractivity contribution in [2.45, 2.75) is 43.9 Å². The van der Waals surface area contributed by atoms with Crippen molar-refractivity contribution in [3.63, 3.8) is 0 Å². The van der Waals surface area contributed by atoms with Crippen LogP contribution in [0.2, 0.25) is 0 Å². The van der Waals surface area contributed by atoms with Crippen molar-refractivity contribution < 1.29 is 14.3 Å². The highest BCUT2D eigenvalue weighted by Gasteiger charge is 2.36. The molecule has 0 spiro atoms. The number of nitrogens with zero attached hydrogens (tertiary/aromatic N) is 1. The van der Waals surface area contributed by atoms with E-state index >= 15 is 0 Å². The van der Waals surface area contributed by atoms with Gasteiger partial charge in [-0.15, -0.1) is 0 Å². The van der Waals surface area contributed by atoms with Gasteiger partial charge < -0.3 is 20.7 Å². The summed E-state index contributed by atoms with van der Waals surface area (Å²) in [4.78, 5) is 25.3. The van der Waals surface area contributed by atoms with Crippen LogP contribution >= 0.6 is 0 Å². The van der Waals surface area contributed by atoms with Crippen LogP contribution in [0.15, 0.2) is 0 Å². The molecule has 18 heavy (non-hydrogen) atoms. The molecule has 6 heteroatoms. The highest BCUT2D eigenvalue weighted by molar-refractivity contribution is 5.91. The summed E-state index contributed by atoms with van der Waals surface area (Å²) in [7, 11) is 1.69. The van der Waals surface area contributed by atoms with Gasteiger partial charge in [0.25, 0.3) is 0 Å². The number of amides is 2. The van der Waals surface area contributed by atoms with Crippen LogP contribution in [0.3, 0.4) is 0 Å². The van der Waals surface area contributed by atoms with E-state index in [1.54, 1.807) is 7.11 Å². The highest BCUT2D eigenvalue weighted by Crippen LogP contribution is 2.21. The number of hydrogen-bond donors (Lipinski definition) is 2. The van der Waals surface area contributed by atoms with E-state index < -0.39 is 0 Å². The fourth-order valence-electron chi connectivity index (χ4n) is 2.74. The Kier molecular flexibility index (Phi) is 4.19. The molecule has 2 unspecified atom stereocenters. The fourth-order valence-corrected chi connectivity index (χ4v) is 2.74. The monoisotopic (exact) mass is 255 g/mol. The lowest BCUT2D eigenvalue weighted by Crippen LogP contribution is -2.55. The molecule has 3 atom stereocenters. The van der Waals surface area contributed by atoms with Crippen molar-refractivity contribution in [1.29, 1.82) is 0 Å². The maximum Gasteiger partial charge on any atom is 0.245 e. The van der Waals surface area contributed by atoms with Gasteiger partial charge in [0.2, 0.25) is 11.8 Å². The van der Waals surface area contributed by atoms with Gasteiger partial charge in [-0.2, -0.15) is 0 Å². The summed E-state index contributed by atoms with van der Waals surface area (Å²) < 4.78 is 5.33. The SMILES string of the molecule is COC1CCN(C(=O)[C@@H]2CCC(=O)N2)C(CN)C1. The highest BCUT2D eigenvalue weighted by atomic mass is 16.5. The molecule has 3 N–H and O–H groups in total. The van der Waals surface area contributed by atoms with E-state index in [1.165, 1.54) is 0 Å². The normalized spacial score (nSPS) is 32.4. The number of nitrogens with one attached hydrogen (secondary N) is 1. The standard InChI is InChI=1S/C12H21N3O3/c1-18-9-4-5-15(8(6-9)7-13)12(17)10-2-3-11(16)14-10/h8-10H,2-7,13H2,1H3,(H,14,16)/t8?,9?,10-/m0/s1. The van der Waals surface area contributed by atoms with Crippen molar-refractivity contribution in [2.24, 2.45) is 5.73 Å². The number of nitrogens with two attached hydrogens (primary N) is 1. The zero-order valence-electron chi connectivity index (χ0n) is 10.7. The maximum atomic E-state index is 12.3. The van der Waals surface area contributed by atoms with Crippen LogP contribution in [0.25, 0.3) is 0 Å². The molecule has 2 fully saturated rings. The lowest BCUT2D eigenvalue weighted by Gasteiger charge is -2.39. The quantitative estimate of drug-likeness (QED) is 0.693. The Labute approximate surface area is 107 Å². The molecule has 2 aliphatic heterocycles. The smallest absolute Gasteiger partial charge is 0.245 e. The van der Waals surface area contributed by atoms with Crippen LogP contribution in [0.5, 0.6) is 0 Å². The minimum Gasteiger partial charge on any atom is -0.381 e. The molecule has 2 saturated heterocycles. The third-order valence-corrected chi connectivity index (χ3v) is 3.85. The van der Waals surface area contributed by atoms with E-state index in [4.69, 9.17) is 10.5 Å². The van der Waals surface area contributed by atoms with Crippen LogP contribution in [-0.2, 0) is 14.3 Å². The van der Waals surface area contributed by atoms with Gasteiger partial charge in [0.15, 0.2) is 0 Å². The summed E-state index contributed by atoms with van der Waals surface area (Å²) in [5, 5.41) is 2.72. The molecule has 6 nitrogen and oxygen atoms in total. The van der Waals surface area contributed by atoms with Gasteiger partial charge in [-0.1, -0.05) is 0 Å². The van der Waals surface area contributed by atoms with E-state index in [0.29, 0.717) is 25.9 Å². The Morgan fingerprint density at radius 2 is 2.33 bits per heavy atom. The molecule has 0 saturated carbocycles. The second-order valence-corrected chi connectivity index (χ2v) is 4.96. The Hall–Kier alpha value is -1.14. The molecule has 2 amide bonds. The Morgan fingerprint density at radius 1 is 1.56 bits per heavy atom. The molecule has 0 bridgehead atoms. The summed E-state index contributed by atoms with van der Waals surface area (Å²) in [6, 6.07) is -0.334. The molecular weight excluding hydrogens is 234 g/mol. The Morgan fingerprint density at radius 3 is 2.89 bits per heavy atom. The van der Waals surface area contributed by atoms with Crippen molar-refractivity contribution in [3.8, 4) is 0 Å². The Balaban J connectivity index is 1.98. The summed E-state index contributed by atoms with van der Waals surface area (Å²) >= 11 is 0. The lowest BCUT2D eigenvalue weighted by atomic mass is 9.98. The molecule has 0 aliphatic carbocycles. The summed E-state index contributed by atoms with van der Waals surface area (Å²) in [6.07, 6.45) is 2.83. The Bertz CT molecular complexity index is 335. The van der Waals surface area contributed by atoms with Crippen molar-refractivity contribution >= 4 is 11.8 Å². The van der Waals surface area contributed by atoms with E-state index in [0.717, 1.165) is 12.8 Å². The van der Waals surface area contributed by atoms with Crippen LogP contribution in [0, 0.1) is 0 Å². The number of methoxy groups -OCH3 is 1. The van der Waals surface area contributed by atoms with Gasteiger partial charge in [0, 0.05) is 32.7 Å². The first kappa shape index (κ1) is 13.3. The van der Waals surface area contributed by atoms with Crippen LogP contribution < -0.4 is 11.1 Å². The number of carbonyl (C=O) groups excluding carboxylic acids is 2. The van der Waals surface area contributed by atoms with Crippen LogP contribution in [0.4, 0.5) is 0 Å². The van der Waals surface area contributed by atoms with Gasteiger partial charge in [-0.05, 0) is 19.3 Å². The van der Waals surface area contributed by atoms with Crippen molar-refractivity contribution in [2.75, 3.05) is 20.2 Å². The van der Waals surface area contributed by atoms with Gasteiger partial charge in [-0.3, -0.25) is 9.59 Å². The number of rotatable bonds is 3. The summed E-state index contributed by atoms with van der Waals surface area (Å²) in [5.41, 5.74) is 5.74. The molecular formula is C12H21N3O3. The second kappa shape index (κ2) is 5.67. The van der Waals surface area contributed by atoms with Gasteiger partial charge in [-0.25, -0.2) is 0 Å². The van der Waals surface area contributed by atoms with E-state index in [1.807, 2.05) is 4.90 Å². The van der Waals surface area contributed by atoms with Gasteiger partial charge >= 0.3 is 0 Å². The van der Waals surface area contributed by atoms with Crippen LogP contribution in [0.1, 0.15) is 25.7 Å². The van der Waals surface area contributed by atoms with Gasteiger partial charge in [0.05, 0.1) is 6.10 Å². The second-order valence-electron chi connectivity index (χ2n) is 4.96. The molecule has 2 heterocycles.